The summed E-state index contributed by atoms with van der Waals surface area (Å²) in [5.74, 6) is 0.982. The van der Waals surface area contributed by atoms with Crippen LogP contribution in [0.25, 0.3) is 12.2 Å². The molecular formula is C26H44N2. The summed E-state index contributed by atoms with van der Waals surface area (Å²) in [5.41, 5.74) is 18.3. The molecule has 0 saturated carbocycles. The first kappa shape index (κ1) is 24.3. The second-order valence-corrected chi connectivity index (χ2v) is 8.62. The summed E-state index contributed by atoms with van der Waals surface area (Å²) in [6.07, 6.45) is 19.8. The molecule has 0 aliphatic carbocycles. The van der Waals surface area contributed by atoms with Gasteiger partial charge in [0.2, 0.25) is 0 Å². The van der Waals surface area contributed by atoms with Crippen LogP contribution < -0.4 is 11.5 Å². The lowest BCUT2D eigenvalue weighted by atomic mass is 9.86. The van der Waals surface area contributed by atoms with Gasteiger partial charge in [-0.3, -0.25) is 0 Å². The third-order valence-electron chi connectivity index (χ3n) is 5.37. The van der Waals surface area contributed by atoms with Crippen LogP contribution >= 0.6 is 0 Å². The van der Waals surface area contributed by atoms with Crippen molar-refractivity contribution in [2.75, 3.05) is 11.5 Å². The summed E-state index contributed by atoms with van der Waals surface area (Å²) in [5, 5.41) is 0. The molecular weight excluding hydrogens is 340 g/mol. The standard InChI is InChI=1S/C26H44N2/c1-6-8-10-12-14-16-22-19-23(17-15-13-11-9-7-2)26(28)24(25(22)27)21(5)18-20(3)4/h14-17,19-21H,6-13,18,27-28H2,1-5H3/b16-14+,17-15+. The minimum absolute atomic E-state index is 0.362. The number of nitrogen functional groups attached to an aromatic ring is 2. The summed E-state index contributed by atoms with van der Waals surface area (Å²) in [6, 6.07) is 2.17. The van der Waals surface area contributed by atoms with Gasteiger partial charge in [0.15, 0.2) is 0 Å². The fourth-order valence-corrected chi connectivity index (χ4v) is 3.86. The molecule has 0 amide bonds. The van der Waals surface area contributed by atoms with Crippen molar-refractivity contribution in [3.63, 3.8) is 0 Å². The quantitative estimate of drug-likeness (QED) is 0.266. The van der Waals surface area contributed by atoms with Gasteiger partial charge in [-0.15, -0.1) is 0 Å². The van der Waals surface area contributed by atoms with E-state index < -0.39 is 0 Å². The fourth-order valence-electron chi connectivity index (χ4n) is 3.86. The van der Waals surface area contributed by atoms with Crippen LogP contribution in [-0.2, 0) is 0 Å². The molecule has 4 N–H and O–H groups in total. The number of hydrogen-bond donors (Lipinski definition) is 2. The van der Waals surface area contributed by atoms with Crippen molar-refractivity contribution in [1.82, 2.24) is 0 Å². The second-order valence-electron chi connectivity index (χ2n) is 8.62. The van der Waals surface area contributed by atoms with Gasteiger partial charge in [-0.1, -0.05) is 84.6 Å². The first-order chi connectivity index (χ1) is 13.4. The Labute approximate surface area is 174 Å². The van der Waals surface area contributed by atoms with Crippen molar-refractivity contribution in [3.05, 3.63) is 34.9 Å². The largest absolute Gasteiger partial charge is 0.398 e. The van der Waals surface area contributed by atoms with E-state index in [-0.39, 0.29) is 0 Å². The maximum atomic E-state index is 6.61. The Morgan fingerprint density at radius 3 is 1.64 bits per heavy atom. The van der Waals surface area contributed by atoms with E-state index in [1.54, 1.807) is 0 Å². The van der Waals surface area contributed by atoms with E-state index in [4.69, 9.17) is 11.5 Å². The number of rotatable bonds is 13. The Morgan fingerprint density at radius 1 is 0.786 bits per heavy atom. The van der Waals surface area contributed by atoms with Gasteiger partial charge in [0.1, 0.15) is 0 Å². The van der Waals surface area contributed by atoms with Crippen LogP contribution in [0.4, 0.5) is 11.4 Å². The van der Waals surface area contributed by atoms with Crippen molar-refractivity contribution < 1.29 is 0 Å². The Hall–Kier alpha value is -1.70. The van der Waals surface area contributed by atoms with Crippen molar-refractivity contribution in [3.8, 4) is 0 Å². The lowest BCUT2D eigenvalue weighted by molar-refractivity contribution is 0.525. The van der Waals surface area contributed by atoms with Crippen LogP contribution in [0.1, 0.15) is 115 Å². The van der Waals surface area contributed by atoms with Gasteiger partial charge in [-0.25, -0.2) is 0 Å². The third-order valence-corrected chi connectivity index (χ3v) is 5.37. The predicted molar refractivity (Wildman–Crippen MR) is 129 cm³/mol. The van der Waals surface area contributed by atoms with Gasteiger partial charge in [0.05, 0.1) is 0 Å². The van der Waals surface area contributed by atoms with E-state index in [1.165, 1.54) is 38.5 Å². The number of nitrogens with two attached hydrogens (primary N) is 2. The molecule has 0 aliphatic heterocycles. The van der Waals surface area contributed by atoms with E-state index in [0.717, 1.165) is 47.3 Å². The molecule has 28 heavy (non-hydrogen) atoms. The summed E-state index contributed by atoms with van der Waals surface area (Å²) < 4.78 is 0. The van der Waals surface area contributed by atoms with Gasteiger partial charge in [-0.2, -0.15) is 0 Å². The zero-order valence-corrected chi connectivity index (χ0v) is 19.1. The number of unbranched alkanes of at least 4 members (excludes halogenated alkanes) is 6. The molecule has 0 aromatic heterocycles. The highest BCUT2D eigenvalue weighted by atomic mass is 14.6. The van der Waals surface area contributed by atoms with E-state index >= 15 is 0 Å². The van der Waals surface area contributed by atoms with Crippen LogP contribution in [0.5, 0.6) is 0 Å². The smallest absolute Gasteiger partial charge is 0.0444 e. The molecule has 2 heteroatoms. The lowest BCUT2D eigenvalue weighted by Crippen LogP contribution is -2.09. The summed E-state index contributed by atoms with van der Waals surface area (Å²) in [7, 11) is 0. The Balaban J connectivity index is 3.17. The zero-order chi connectivity index (χ0) is 20.9. The molecule has 158 valence electrons. The van der Waals surface area contributed by atoms with Crippen molar-refractivity contribution in [2.45, 2.75) is 98.3 Å². The van der Waals surface area contributed by atoms with Crippen LogP contribution in [0, 0.1) is 5.92 Å². The van der Waals surface area contributed by atoms with Gasteiger partial charge >= 0.3 is 0 Å². The molecule has 1 aromatic carbocycles. The van der Waals surface area contributed by atoms with Crippen LogP contribution in [0.2, 0.25) is 0 Å². The zero-order valence-electron chi connectivity index (χ0n) is 19.1. The molecule has 1 aromatic rings. The van der Waals surface area contributed by atoms with Crippen molar-refractivity contribution in [2.24, 2.45) is 5.92 Å². The van der Waals surface area contributed by atoms with E-state index in [9.17, 15) is 0 Å². The number of anilines is 2. The van der Waals surface area contributed by atoms with Gasteiger partial charge in [0, 0.05) is 16.9 Å². The highest BCUT2D eigenvalue weighted by Crippen LogP contribution is 2.38. The molecule has 1 unspecified atom stereocenters. The predicted octanol–water partition coefficient (Wildman–Crippen LogP) is 8.19. The number of allylic oxidation sites excluding steroid dienone is 2. The normalized spacial score (nSPS) is 13.2. The van der Waals surface area contributed by atoms with Gasteiger partial charge < -0.3 is 11.5 Å². The topological polar surface area (TPSA) is 52.0 Å². The lowest BCUT2D eigenvalue weighted by Gasteiger charge is -2.22. The number of hydrogen-bond acceptors (Lipinski definition) is 2. The SMILES string of the molecule is CCCCC/C=C/c1cc(/C=C/CCCCC)c(N)c(C(C)CC(C)C)c1N. The average molecular weight is 385 g/mol. The highest BCUT2D eigenvalue weighted by molar-refractivity contribution is 5.81. The molecule has 1 rings (SSSR count). The third kappa shape index (κ3) is 8.12. The number of benzene rings is 1. The molecule has 0 spiro atoms. The molecule has 0 radical (unpaired) electrons. The van der Waals surface area contributed by atoms with E-state index in [0.29, 0.717) is 11.8 Å². The van der Waals surface area contributed by atoms with E-state index in [2.05, 4.69) is 65.0 Å². The molecule has 0 saturated heterocycles. The Kier molecular flexibility index (Phi) is 11.7. The highest BCUT2D eigenvalue weighted by Gasteiger charge is 2.18. The summed E-state index contributed by atoms with van der Waals surface area (Å²) in [6.45, 7) is 11.3. The molecule has 2 nitrogen and oxygen atoms in total. The molecule has 0 bridgehead atoms. The summed E-state index contributed by atoms with van der Waals surface area (Å²) in [4.78, 5) is 0. The minimum Gasteiger partial charge on any atom is -0.398 e. The fraction of sp³-hybridized carbons (Fsp3) is 0.615. The molecule has 1 atom stereocenters. The second kappa shape index (κ2) is 13.5. The van der Waals surface area contributed by atoms with Crippen LogP contribution in [0.15, 0.2) is 18.2 Å². The maximum absolute atomic E-state index is 6.61. The van der Waals surface area contributed by atoms with Crippen molar-refractivity contribution >= 4 is 23.5 Å². The molecule has 0 heterocycles. The molecule has 0 fully saturated rings. The summed E-state index contributed by atoms with van der Waals surface area (Å²) >= 11 is 0. The Bertz CT molecular complexity index is 582. The maximum Gasteiger partial charge on any atom is 0.0444 e. The Morgan fingerprint density at radius 2 is 1.25 bits per heavy atom. The van der Waals surface area contributed by atoms with Gasteiger partial charge in [0.25, 0.3) is 0 Å². The first-order valence-electron chi connectivity index (χ1n) is 11.5. The monoisotopic (exact) mass is 384 g/mol. The minimum atomic E-state index is 0.362. The average Bonchev–Trinajstić information content (AvgIpc) is 2.63. The van der Waals surface area contributed by atoms with Crippen molar-refractivity contribution in [1.29, 1.82) is 0 Å². The molecule has 0 aliphatic rings. The van der Waals surface area contributed by atoms with Crippen LogP contribution in [0.3, 0.4) is 0 Å². The van der Waals surface area contributed by atoms with Gasteiger partial charge in [-0.05, 0) is 61.1 Å². The van der Waals surface area contributed by atoms with Crippen LogP contribution in [-0.4, -0.2) is 0 Å². The first-order valence-corrected chi connectivity index (χ1v) is 11.5. The van der Waals surface area contributed by atoms with E-state index in [1.807, 2.05) is 0 Å².